The van der Waals surface area contributed by atoms with Gasteiger partial charge in [0, 0.05) is 16.7 Å². The molecule has 0 spiro atoms. The molecule has 4 atom stereocenters. The number of benzene rings is 6. The Bertz CT molecular complexity index is 2400. The lowest BCUT2D eigenvalue weighted by Crippen LogP contribution is -2.42. The van der Waals surface area contributed by atoms with Crippen LogP contribution in [0.3, 0.4) is 0 Å². The summed E-state index contributed by atoms with van der Waals surface area (Å²) in [4.78, 5) is 15.8. The van der Waals surface area contributed by atoms with Gasteiger partial charge in [0.05, 0.1) is 11.6 Å². The van der Waals surface area contributed by atoms with E-state index in [2.05, 4.69) is 147 Å². The average molecular weight is 713 g/mol. The fraction of sp³-hybridized carbons (Fsp3) is 0.216. The monoisotopic (exact) mass is 712 g/mol. The number of nitrogens with zero attached hydrogens (tertiary/aromatic N) is 4. The average Bonchev–Trinajstić information content (AvgIpc) is 3.23. The van der Waals surface area contributed by atoms with Gasteiger partial charge in [-0.15, -0.1) is 0 Å². The van der Waals surface area contributed by atoms with Crippen LogP contribution in [-0.2, 0) is 5.41 Å². The molecule has 2 aliphatic rings. The maximum absolute atomic E-state index is 9.58. The summed E-state index contributed by atoms with van der Waals surface area (Å²) in [5, 5.41) is 9.58. The third-order valence-corrected chi connectivity index (χ3v) is 11.9. The second kappa shape index (κ2) is 14.6. The Hall–Kier alpha value is -6.18. The predicted octanol–water partition coefficient (Wildman–Crippen LogP) is 12.8. The summed E-state index contributed by atoms with van der Waals surface area (Å²) in [5.74, 6) is 4.05. The molecule has 2 saturated carbocycles. The van der Waals surface area contributed by atoms with E-state index in [1.807, 2.05) is 24.3 Å². The van der Waals surface area contributed by atoms with Gasteiger partial charge in [0.2, 0.25) is 0 Å². The van der Waals surface area contributed by atoms with Crippen molar-refractivity contribution in [2.24, 2.45) is 17.8 Å². The minimum Gasteiger partial charge on any atom is -0.208 e. The van der Waals surface area contributed by atoms with Crippen LogP contribution in [0.1, 0.15) is 57.1 Å². The zero-order chi connectivity index (χ0) is 37.4. The molecule has 0 N–H and O–H groups in total. The van der Waals surface area contributed by atoms with E-state index >= 15 is 0 Å². The molecule has 0 saturated heterocycles. The van der Waals surface area contributed by atoms with Gasteiger partial charge in [-0.2, -0.15) is 5.26 Å². The molecule has 0 radical (unpaired) electrons. The molecule has 4 nitrogen and oxygen atoms in total. The fourth-order valence-electron chi connectivity index (χ4n) is 9.72. The van der Waals surface area contributed by atoms with Crippen LogP contribution in [-0.4, -0.2) is 15.0 Å². The van der Waals surface area contributed by atoms with Crippen LogP contribution >= 0.6 is 0 Å². The zero-order valence-corrected chi connectivity index (χ0v) is 31.5. The van der Waals surface area contributed by atoms with E-state index in [9.17, 15) is 5.26 Å². The minimum atomic E-state index is 0.101. The van der Waals surface area contributed by atoms with Crippen LogP contribution in [0.25, 0.3) is 67.5 Å². The molecule has 1 aromatic heterocycles. The first-order valence-corrected chi connectivity index (χ1v) is 19.7. The van der Waals surface area contributed by atoms with Crippen molar-refractivity contribution in [3.05, 3.63) is 163 Å². The number of aromatic nitrogens is 3. The molecule has 1 heterocycles. The Balaban J connectivity index is 1.25. The maximum Gasteiger partial charge on any atom is 0.164 e. The molecule has 0 aliphatic heterocycles. The van der Waals surface area contributed by atoms with Crippen molar-refractivity contribution < 1.29 is 0 Å². The lowest BCUT2D eigenvalue weighted by molar-refractivity contribution is 0.0781. The standard InChI is InChI=1S/C51H44N4/c1-34-23-37-24-35(2)31-51(30-34,32-37)47-28-45(40-21-19-36(33-52)20-22-40)27-46(29-47)50-54-48(43-17-9-15-41(25-43)38-11-5-3-6-12-38)53-49(55-50)44-18-10-16-42(26-44)39-13-7-4-8-14-39/h3-22,25-29,34-35,37H,23-24,30-32H2,1-2H3/t34-,35+,37?,51?. The van der Waals surface area contributed by atoms with Gasteiger partial charge in [0.1, 0.15) is 0 Å². The van der Waals surface area contributed by atoms with E-state index < -0.39 is 0 Å². The maximum atomic E-state index is 9.58. The van der Waals surface area contributed by atoms with Crippen molar-refractivity contribution in [3.8, 4) is 73.6 Å². The molecule has 7 aromatic rings. The fourth-order valence-corrected chi connectivity index (χ4v) is 9.72. The molecule has 268 valence electrons. The van der Waals surface area contributed by atoms with E-state index in [1.54, 1.807) is 0 Å². The topological polar surface area (TPSA) is 62.5 Å². The zero-order valence-electron chi connectivity index (χ0n) is 31.5. The van der Waals surface area contributed by atoms with E-state index in [1.165, 1.54) is 37.7 Å². The summed E-state index contributed by atoms with van der Waals surface area (Å²) in [6, 6.07) is 55.3. The van der Waals surface area contributed by atoms with Gasteiger partial charge in [-0.1, -0.05) is 129 Å². The summed E-state index contributed by atoms with van der Waals surface area (Å²) < 4.78 is 0. The highest BCUT2D eigenvalue weighted by atomic mass is 15.0. The molecule has 2 fully saturated rings. The summed E-state index contributed by atoms with van der Waals surface area (Å²) in [6.45, 7) is 4.89. The molecule has 9 rings (SSSR count). The Labute approximate surface area is 324 Å². The highest BCUT2D eigenvalue weighted by Crippen LogP contribution is 2.55. The number of hydrogen-bond acceptors (Lipinski definition) is 4. The van der Waals surface area contributed by atoms with Gasteiger partial charge >= 0.3 is 0 Å². The highest BCUT2D eigenvalue weighted by Gasteiger charge is 2.45. The van der Waals surface area contributed by atoms with E-state index in [-0.39, 0.29) is 5.41 Å². The Kier molecular flexibility index (Phi) is 9.16. The summed E-state index contributed by atoms with van der Waals surface area (Å²) in [7, 11) is 0. The normalized spacial score (nSPS) is 20.4. The predicted molar refractivity (Wildman–Crippen MR) is 224 cm³/mol. The number of nitriles is 1. The largest absolute Gasteiger partial charge is 0.208 e. The van der Waals surface area contributed by atoms with Crippen LogP contribution in [0.2, 0.25) is 0 Å². The lowest BCUT2D eigenvalue weighted by atomic mass is 9.54. The van der Waals surface area contributed by atoms with Crippen molar-refractivity contribution in [3.63, 3.8) is 0 Å². The van der Waals surface area contributed by atoms with Gasteiger partial charge in [-0.05, 0) is 131 Å². The second-order valence-electron chi connectivity index (χ2n) is 16.1. The van der Waals surface area contributed by atoms with Crippen molar-refractivity contribution >= 4 is 0 Å². The van der Waals surface area contributed by atoms with Crippen molar-refractivity contribution in [2.75, 3.05) is 0 Å². The third kappa shape index (κ3) is 7.11. The molecule has 0 amide bonds. The van der Waals surface area contributed by atoms with Gasteiger partial charge in [-0.25, -0.2) is 15.0 Å². The van der Waals surface area contributed by atoms with Gasteiger partial charge in [0.25, 0.3) is 0 Å². The Morgan fingerprint density at radius 2 is 0.891 bits per heavy atom. The van der Waals surface area contributed by atoms with Crippen LogP contribution in [0.4, 0.5) is 0 Å². The summed E-state index contributed by atoms with van der Waals surface area (Å²) in [6.07, 6.45) is 6.24. The van der Waals surface area contributed by atoms with Crippen LogP contribution in [0, 0.1) is 29.1 Å². The highest BCUT2D eigenvalue weighted by molar-refractivity contribution is 5.77. The molecule has 6 aromatic carbocycles. The number of hydrogen-bond donors (Lipinski definition) is 0. The molecular weight excluding hydrogens is 669 g/mol. The molecule has 2 unspecified atom stereocenters. The Morgan fingerprint density at radius 1 is 0.455 bits per heavy atom. The van der Waals surface area contributed by atoms with Crippen molar-refractivity contribution in [1.82, 2.24) is 15.0 Å². The quantitative estimate of drug-likeness (QED) is 0.165. The Morgan fingerprint density at radius 3 is 1.42 bits per heavy atom. The van der Waals surface area contributed by atoms with Gasteiger partial charge in [0.15, 0.2) is 17.5 Å². The molecule has 4 heteroatoms. The molecular formula is C51H44N4. The number of fused-ring (bicyclic) bond motifs is 2. The minimum absolute atomic E-state index is 0.101. The molecule has 2 bridgehead atoms. The first-order valence-electron chi connectivity index (χ1n) is 19.7. The first-order chi connectivity index (χ1) is 26.9. The van der Waals surface area contributed by atoms with E-state index in [0.29, 0.717) is 34.9 Å². The lowest BCUT2D eigenvalue weighted by Gasteiger charge is -2.50. The smallest absolute Gasteiger partial charge is 0.164 e. The first kappa shape index (κ1) is 34.6. The molecule has 2 aliphatic carbocycles. The van der Waals surface area contributed by atoms with Crippen LogP contribution in [0.5, 0.6) is 0 Å². The summed E-state index contributed by atoms with van der Waals surface area (Å²) >= 11 is 0. The van der Waals surface area contributed by atoms with Crippen LogP contribution < -0.4 is 0 Å². The van der Waals surface area contributed by atoms with Crippen molar-refractivity contribution in [1.29, 1.82) is 5.26 Å². The second-order valence-corrected chi connectivity index (χ2v) is 16.1. The van der Waals surface area contributed by atoms with Gasteiger partial charge < -0.3 is 0 Å². The van der Waals surface area contributed by atoms with E-state index in [0.717, 1.165) is 56.0 Å². The molecule has 55 heavy (non-hydrogen) atoms. The van der Waals surface area contributed by atoms with Crippen LogP contribution in [0.15, 0.2) is 152 Å². The van der Waals surface area contributed by atoms with Crippen molar-refractivity contribution in [2.45, 2.75) is 51.4 Å². The van der Waals surface area contributed by atoms with Gasteiger partial charge in [-0.3, -0.25) is 0 Å². The number of rotatable bonds is 7. The SMILES string of the molecule is C[C@@H]1CC2C[C@H](C)CC(c3cc(-c4ccc(C#N)cc4)cc(-c4nc(-c5cccc(-c6ccccc6)c5)nc(-c5cccc(-c6ccccc6)c5)n4)c3)(C2)C1. The van der Waals surface area contributed by atoms with E-state index in [4.69, 9.17) is 15.0 Å². The third-order valence-electron chi connectivity index (χ3n) is 11.9. The summed E-state index contributed by atoms with van der Waals surface area (Å²) in [5.41, 5.74) is 11.8.